The van der Waals surface area contributed by atoms with Crippen molar-refractivity contribution in [2.45, 2.75) is 111 Å². The average Bonchev–Trinajstić information content (AvgIpc) is 3.13. The molecule has 0 aliphatic carbocycles. The molecule has 0 aliphatic heterocycles. The van der Waals surface area contributed by atoms with Crippen LogP contribution in [0.25, 0.3) is 44.3 Å². The van der Waals surface area contributed by atoms with Crippen molar-refractivity contribution in [3.05, 3.63) is 72.8 Å². The zero-order valence-corrected chi connectivity index (χ0v) is 29.9. The van der Waals surface area contributed by atoms with Crippen LogP contribution in [0.3, 0.4) is 0 Å². The highest BCUT2D eigenvalue weighted by atomic mass is 16.5. The number of aromatic hydroxyl groups is 1. The van der Waals surface area contributed by atoms with Gasteiger partial charge in [-0.05, 0) is 58.5 Å². The van der Waals surface area contributed by atoms with Gasteiger partial charge in [-0.1, -0.05) is 146 Å². The van der Waals surface area contributed by atoms with Crippen molar-refractivity contribution in [1.82, 2.24) is 15.0 Å². The molecular formula is C43H55N3O3. The van der Waals surface area contributed by atoms with Gasteiger partial charge < -0.3 is 14.6 Å². The Balaban J connectivity index is 1.34. The Morgan fingerprint density at radius 2 is 1.22 bits per heavy atom. The van der Waals surface area contributed by atoms with Gasteiger partial charge in [0.1, 0.15) is 11.5 Å². The molecule has 1 N–H and O–H groups in total. The van der Waals surface area contributed by atoms with E-state index in [-0.39, 0.29) is 11.8 Å². The van der Waals surface area contributed by atoms with E-state index in [1.54, 1.807) is 6.07 Å². The van der Waals surface area contributed by atoms with E-state index in [1.165, 1.54) is 63.2 Å². The van der Waals surface area contributed by atoms with E-state index in [4.69, 9.17) is 24.4 Å². The molecule has 0 aliphatic rings. The topological polar surface area (TPSA) is 77.4 Å². The van der Waals surface area contributed by atoms with Gasteiger partial charge in [-0.25, -0.2) is 4.98 Å². The molecule has 0 spiro atoms. The number of nitrogens with zero attached hydrogens (tertiary/aromatic N) is 3. The van der Waals surface area contributed by atoms with E-state index >= 15 is 0 Å². The summed E-state index contributed by atoms with van der Waals surface area (Å²) < 4.78 is 12.3. The largest absolute Gasteiger partial charge is 0.507 e. The average molecular weight is 662 g/mol. The van der Waals surface area contributed by atoms with Crippen LogP contribution in [0.1, 0.15) is 111 Å². The number of phenols is 1. The third-order valence-electron chi connectivity index (χ3n) is 9.59. The fourth-order valence-corrected chi connectivity index (χ4v) is 6.56. The fourth-order valence-electron chi connectivity index (χ4n) is 6.56. The van der Waals surface area contributed by atoms with Gasteiger partial charge in [-0.2, -0.15) is 9.97 Å². The highest BCUT2D eigenvalue weighted by Gasteiger charge is 2.18. The fraction of sp³-hybridized carbons (Fsp3) is 0.465. The Morgan fingerprint density at radius 1 is 0.592 bits per heavy atom. The maximum absolute atomic E-state index is 11.2. The Labute approximate surface area is 293 Å². The van der Waals surface area contributed by atoms with Gasteiger partial charge in [-0.15, -0.1) is 0 Å². The molecule has 0 amide bonds. The molecule has 260 valence electrons. The number of hydrogen-bond donors (Lipinski definition) is 1. The summed E-state index contributed by atoms with van der Waals surface area (Å²) in [6.45, 7) is 7.85. The molecular weight excluding hydrogens is 606 g/mol. The van der Waals surface area contributed by atoms with Gasteiger partial charge in [-0.3, -0.25) is 0 Å². The van der Waals surface area contributed by atoms with Crippen LogP contribution in [0.2, 0.25) is 0 Å². The summed E-state index contributed by atoms with van der Waals surface area (Å²) in [6, 6.07) is 24.5. The van der Waals surface area contributed by atoms with E-state index in [0.717, 1.165) is 53.8 Å². The Bertz CT molecular complexity index is 1750. The summed E-state index contributed by atoms with van der Waals surface area (Å²) in [4.78, 5) is 14.5. The minimum absolute atomic E-state index is 0.0708. The maximum Gasteiger partial charge on any atom is 0.320 e. The van der Waals surface area contributed by atoms with Crippen molar-refractivity contribution in [1.29, 1.82) is 0 Å². The molecule has 0 fully saturated rings. The third-order valence-corrected chi connectivity index (χ3v) is 9.59. The van der Waals surface area contributed by atoms with Crippen molar-refractivity contribution in [3.63, 3.8) is 0 Å². The molecule has 5 rings (SSSR count). The first-order chi connectivity index (χ1) is 24.1. The maximum atomic E-state index is 11.2. The molecule has 1 aromatic heterocycles. The van der Waals surface area contributed by atoms with Crippen molar-refractivity contribution >= 4 is 21.5 Å². The number of aromatic nitrogens is 3. The van der Waals surface area contributed by atoms with E-state index < -0.39 is 0 Å². The standard InChI is InChI=1S/C43H55N3O3/c1-4-7-9-10-11-12-13-14-15-20-28-48-34-26-27-38(40(47)30-34)41-44-42(46-43(45-41)49-31-32(6-3)21-8-5-2)39-29-33-22-16-17-23-35(33)36-24-18-19-25-37(36)39/h16-19,22-27,29-30,32,47H,4-15,20-21,28,31H2,1-3H3. The molecule has 0 saturated carbocycles. The Kier molecular flexibility index (Phi) is 14.1. The minimum atomic E-state index is 0.0708. The van der Waals surface area contributed by atoms with E-state index in [9.17, 15) is 5.11 Å². The molecule has 6 nitrogen and oxygen atoms in total. The second kappa shape index (κ2) is 19.1. The number of ether oxygens (including phenoxy) is 2. The quantitative estimate of drug-likeness (QED) is 0.0623. The van der Waals surface area contributed by atoms with Crippen LogP contribution in [0.5, 0.6) is 17.5 Å². The van der Waals surface area contributed by atoms with Gasteiger partial charge in [0.15, 0.2) is 11.6 Å². The second-order valence-electron chi connectivity index (χ2n) is 13.4. The summed E-state index contributed by atoms with van der Waals surface area (Å²) in [5.41, 5.74) is 1.42. The molecule has 4 aromatic carbocycles. The first kappa shape index (κ1) is 36.1. The lowest BCUT2D eigenvalue weighted by Crippen LogP contribution is -2.13. The lowest BCUT2D eigenvalue weighted by molar-refractivity contribution is 0.217. The van der Waals surface area contributed by atoms with Crippen LogP contribution in [-0.2, 0) is 0 Å². The molecule has 0 saturated heterocycles. The predicted octanol–water partition coefficient (Wildman–Crippen LogP) is 12.1. The highest BCUT2D eigenvalue weighted by molar-refractivity contribution is 6.13. The van der Waals surface area contributed by atoms with Crippen molar-refractivity contribution in [2.24, 2.45) is 5.92 Å². The lowest BCUT2D eigenvalue weighted by Gasteiger charge is -2.16. The van der Waals surface area contributed by atoms with E-state index in [0.29, 0.717) is 42.1 Å². The van der Waals surface area contributed by atoms with E-state index in [2.05, 4.69) is 63.2 Å². The summed E-state index contributed by atoms with van der Waals surface area (Å²) in [5, 5.41) is 15.7. The highest BCUT2D eigenvalue weighted by Crippen LogP contribution is 2.36. The van der Waals surface area contributed by atoms with Crippen LogP contribution in [0, 0.1) is 5.92 Å². The number of rotatable bonds is 21. The van der Waals surface area contributed by atoms with Crippen LogP contribution < -0.4 is 9.47 Å². The number of unbranched alkanes of at least 4 members (excludes halogenated alkanes) is 10. The van der Waals surface area contributed by atoms with Gasteiger partial charge in [0, 0.05) is 11.6 Å². The number of fused-ring (bicyclic) bond motifs is 3. The zero-order chi connectivity index (χ0) is 34.3. The van der Waals surface area contributed by atoms with Crippen molar-refractivity contribution < 1.29 is 14.6 Å². The van der Waals surface area contributed by atoms with Crippen LogP contribution >= 0.6 is 0 Å². The minimum Gasteiger partial charge on any atom is -0.507 e. The molecule has 49 heavy (non-hydrogen) atoms. The third kappa shape index (κ3) is 10.2. The zero-order valence-electron chi connectivity index (χ0n) is 29.9. The summed E-state index contributed by atoms with van der Waals surface area (Å²) in [5.74, 6) is 2.03. The molecule has 0 radical (unpaired) electrons. The Hall–Kier alpha value is -4.19. The van der Waals surface area contributed by atoms with Crippen molar-refractivity contribution in [2.75, 3.05) is 13.2 Å². The smallest absolute Gasteiger partial charge is 0.320 e. The summed E-state index contributed by atoms with van der Waals surface area (Å²) in [6.07, 6.45) is 17.3. The molecule has 1 unspecified atom stereocenters. The molecule has 1 atom stereocenters. The Morgan fingerprint density at radius 3 is 1.92 bits per heavy atom. The van der Waals surface area contributed by atoms with Gasteiger partial charge in [0.05, 0.1) is 18.8 Å². The van der Waals surface area contributed by atoms with Crippen LogP contribution in [-0.4, -0.2) is 33.3 Å². The monoisotopic (exact) mass is 661 g/mol. The first-order valence-corrected chi connectivity index (χ1v) is 18.9. The molecule has 6 heteroatoms. The second-order valence-corrected chi connectivity index (χ2v) is 13.4. The number of hydrogen-bond acceptors (Lipinski definition) is 6. The summed E-state index contributed by atoms with van der Waals surface area (Å²) >= 11 is 0. The lowest BCUT2D eigenvalue weighted by atomic mass is 9.97. The normalized spacial score (nSPS) is 12.1. The predicted molar refractivity (Wildman–Crippen MR) is 204 cm³/mol. The van der Waals surface area contributed by atoms with Crippen molar-refractivity contribution in [3.8, 4) is 40.3 Å². The number of phenolic OH excluding ortho intramolecular Hbond substituents is 1. The first-order valence-electron chi connectivity index (χ1n) is 18.9. The molecule has 0 bridgehead atoms. The van der Waals surface area contributed by atoms with Crippen LogP contribution in [0.15, 0.2) is 72.8 Å². The van der Waals surface area contributed by atoms with E-state index in [1.807, 2.05) is 24.3 Å². The van der Waals surface area contributed by atoms with Gasteiger partial charge in [0.25, 0.3) is 0 Å². The number of benzene rings is 4. The van der Waals surface area contributed by atoms with Crippen LogP contribution in [0.4, 0.5) is 0 Å². The van der Waals surface area contributed by atoms with Gasteiger partial charge in [0.2, 0.25) is 0 Å². The molecule has 5 aromatic rings. The summed E-state index contributed by atoms with van der Waals surface area (Å²) in [7, 11) is 0. The van der Waals surface area contributed by atoms with Gasteiger partial charge >= 0.3 is 6.01 Å². The SMILES string of the molecule is CCCCCCCCCCCCOc1ccc(-c2nc(OCC(CC)CCCC)nc(-c3cc4ccccc4c4ccccc34)n2)c(O)c1. The molecule has 1 heterocycles.